The quantitative estimate of drug-likeness (QED) is 0.345. The van der Waals surface area contributed by atoms with Gasteiger partial charge in [0.15, 0.2) is 8.32 Å². The number of ether oxygens (including phenoxy) is 1. The Bertz CT molecular complexity index is 517. The number of hydrogen-bond donors (Lipinski definition) is 0. The Labute approximate surface area is 134 Å². The van der Waals surface area contributed by atoms with Crippen LogP contribution in [-0.2, 0) is 18.8 Å². The summed E-state index contributed by atoms with van der Waals surface area (Å²) in [6.45, 7) is 15.2. The van der Waals surface area contributed by atoms with Gasteiger partial charge in [-0.2, -0.15) is 0 Å². The van der Waals surface area contributed by atoms with Crippen molar-refractivity contribution in [2.75, 3.05) is 6.61 Å². The lowest BCUT2D eigenvalue weighted by atomic mass is 9.62. The molecule has 0 spiro atoms. The molecular formula is C17H28O4Si. The second kappa shape index (κ2) is 5.30. The average Bonchev–Trinajstić information content (AvgIpc) is 2.59. The zero-order valence-corrected chi connectivity index (χ0v) is 15.7. The fourth-order valence-electron chi connectivity index (χ4n) is 3.14. The fraction of sp³-hybridized carbons (Fsp3) is 0.765. The van der Waals surface area contributed by atoms with Crippen LogP contribution < -0.4 is 0 Å². The van der Waals surface area contributed by atoms with Gasteiger partial charge < -0.3 is 9.16 Å². The van der Waals surface area contributed by atoms with Crippen molar-refractivity contribution in [1.82, 2.24) is 0 Å². The lowest BCUT2D eigenvalue weighted by Crippen LogP contribution is -2.48. The molecule has 0 bridgehead atoms. The van der Waals surface area contributed by atoms with Gasteiger partial charge in [0.2, 0.25) is 0 Å². The average molecular weight is 324 g/mol. The van der Waals surface area contributed by atoms with E-state index in [-0.39, 0.29) is 22.8 Å². The van der Waals surface area contributed by atoms with Gasteiger partial charge in [0, 0.05) is 12.5 Å². The highest BCUT2D eigenvalue weighted by Crippen LogP contribution is 2.50. The zero-order chi connectivity index (χ0) is 16.9. The first-order valence-electron chi connectivity index (χ1n) is 7.99. The molecule has 0 amide bonds. The van der Waals surface area contributed by atoms with Crippen molar-refractivity contribution < 1.29 is 18.8 Å². The monoisotopic (exact) mass is 324 g/mol. The van der Waals surface area contributed by atoms with E-state index in [4.69, 9.17) is 9.16 Å². The molecule has 1 fully saturated rings. The number of esters is 2. The van der Waals surface area contributed by atoms with Gasteiger partial charge in [-0.25, -0.2) is 0 Å². The second-order valence-corrected chi connectivity index (χ2v) is 13.2. The molecule has 0 aromatic heterocycles. The molecule has 22 heavy (non-hydrogen) atoms. The van der Waals surface area contributed by atoms with E-state index in [9.17, 15) is 9.59 Å². The van der Waals surface area contributed by atoms with Crippen molar-refractivity contribution in [2.24, 2.45) is 23.2 Å². The highest BCUT2D eigenvalue weighted by molar-refractivity contribution is 6.74. The second-order valence-electron chi connectivity index (χ2n) is 8.39. The van der Waals surface area contributed by atoms with Gasteiger partial charge in [-0.3, -0.25) is 9.59 Å². The summed E-state index contributed by atoms with van der Waals surface area (Å²) in [5.74, 6) is -1.27. The lowest BCUT2D eigenvalue weighted by Gasteiger charge is -2.41. The summed E-state index contributed by atoms with van der Waals surface area (Å²) in [6.07, 6.45) is 4.06. The zero-order valence-electron chi connectivity index (χ0n) is 14.7. The van der Waals surface area contributed by atoms with Crippen molar-refractivity contribution in [1.29, 1.82) is 0 Å². The van der Waals surface area contributed by atoms with Gasteiger partial charge >= 0.3 is 11.9 Å². The van der Waals surface area contributed by atoms with Crippen LogP contribution in [0.4, 0.5) is 0 Å². The number of rotatable bonds is 3. The molecule has 0 unspecified atom stereocenters. The minimum Gasteiger partial charge on any atom is -0.416 e. The standard InChI is InChI=1S/C17H28O4Si/c1-11-8-9-12(10-20-22(6,7)16(2,3)4)17(5)13(11)14(18)21-15(17)19/h8-9,11-13H,10H2,1-7H3/t11-,12-,13+,17+/m1/s1. The molecule has 0 N–H and O–H groups in total. The molecule has 2 rings (SSSR count). The summed E-state index contributed by atoms with van der Waals surface area (Å²) in [5, 5.41) is 0.116. The highest BCUT2D eigenvalue weighted by atomic mass is 28.4. The molecule has 0 aromatic carbocycles. The summed E-state index contributed by atoms with van der Waals surface area (Å²) in [7, 11) is -1.89. The van der Waals surface area contributed by atoms with Crippen molar-refractivity contribution in [3.05, 3.63) is 12.2 Å². The molecular weight excluding hydrogens is 296 g/mol. The summed E-state index contributed by atoms with van der Waals surface area (Å²) >= 11 is 0. The van der Waals surface area contributed by atoms with Crippen LogP contribution in [0.5, 0.6) is 0 Å². The van der Waals surface area contributed by atoms with E-state index >= 15 is 0 Å². The Kier molecular flexibility index (Phi) is 4.20. The molecule has 1 saturated heterocycles. The predicted octanol–water partition coefficient (Wildman–Crippen LogP) is 3.54. The van der Waals surface area contributed by atoms with Crippen LogP contribution in [-0.4, -0.2) is 26.9 Å². The van der Waals surface area contributed by atoms with Crippen LogP contribution >= 0.6 is 0 Å². The first kappa shape index (κ1) is 17.4. The minimum absolute atomic E-state index is 0.0214. The molecule has 2 aliphatic rings. The van der Waals surface area contributed by atoms with Crippen LogP contribution in [0.3, 0.4) is 0 Å². The van der Waals surface area contributed by atoms with E-state index in [0.29, 0.717) is 6.61 Å². The lowest BCUT2D eigenvalue weighted by molar-refractivity contribution is -0.155. The fourth-order valence-corrected chi connectivity index (χ4v) is 4.17. The first-order chi connectivity index (χ1) is 9.91. The van der Waals surface area contributed by atoms with Gasteiger partial charge in [-0.15, -0.1) is 0 Å². The normalized spacial score (nSPS) is 35.5. The van der Waals surface area contributed by atoms with Gasteiger partial charge in [0.05, 0.1) is 11.3 Å². The van der Waals surface area contributed by atoms with E-state index in [0.717, 1.165) is 0 Å². The minimum atomic E-state index is -1.89. The van der Waals surface area contributed by atoms with Crippen molar-refractivity contribution in [2.45, 2.75) is 52.8 Å². The number of fused-ring (bicyclic) bond motifs is 1. The molecule has 4 nitrogen and oxygen atoms in total. The molecule has 1 aliphatic heterocycles. The highest BCUT2D eigenvalue weighted by Gasteiger charge is 2.61. The van der Waals surface area contributed by atoms with Gasteiger partial charge in [-0.1, -0.05) is 39.8 Å². The van der Waals surface area contributed by atoms with Crippen molar-refractivity contribution >= 4 is 20.3 Å². The molecule has 0 radical (unpaired) electrons. The molecule has 124 valence electrons. The van der Waals surface area contributed by atoms with E-state index < -0.39 is 25.6 Å². The van der Waals surface area contributed by atoms with Gasteiger partial charge in [0.25, 0.3) is 0 Å². The van der Waals surface area contributed by atoms with Crippen molar-refractivity contribution in [3.63, 3.8) is 0 Å². The number of allylic oxidation sites excluding steroid dienone is 1. The van der Waals surface area contributed by atoms with Crippen LogP contribution in [0.2, 0.25) is 18.1 Å². The topological polar surface area (TPSA) is 52.6 Å². The van der Waals surface area contributed by atoms with Gasteiger partial charge in [-0.05, 0) is 31.0 Å². The third kappa shape index (κ3) is 2.58. The number of hydrogen-bond acceptors (Lipinski definition) is 4. The smallest absolute Gasteiger partial charge is 0.321 e. The molecule has 4 atom stereocenters. The van der Waals surface area contributed by atoms with E-state index in [1.165, 1.54) is 0 Å². The van der Waals surface area contributed by atoms with Crippen LogP contribution in [0.25, 0.3) is 0 Å². The van der Waals surface area contributed by atoms with E-state index in [1.807, 2.05) is 26.0 Å². The van der Waals surface area contributed by atoms with Crippen LogP contribution in [0, 0.1) is 23.2 Å². The largest absolute Gasteiger partial charge is 0.416 e. The molecule has 0 saturated carbocycles. The Morgan fingerprint density at radius 3 is 2.41 bits per heavy atom. The van der Waals surface area contributed by atoms with E-state index in [2.05, 4.69) is 33.9 Å². The molecule has 5 heteroatoms. The maximum absolute atomic E-state index is 12.3. The maximum atomic E-state index is 12.3. The van der Waals surface area contributed by atoms with Crippen LogP contribution in [0.1, 0.15) is 34.6 Å². The predicted molar refractivity (Wildman–Crippen MR) is 87.6 cm³/mol. The summed E-state index contributed by atoms with van der Waals surface area (Å²) in [4.78, 5) is 24.3. The Hall–Kier alpha value is -0.943. The molecule has 1 heterocycles. The number of carbonyl (C=O) groups excluding carboxylic acids is 2. The van der Waals surface area contributed by atoms with E-state index in [1.54, 1.807) is 0 Å². The molecule has 0 aromatic rings. The summed E-state index contributed by atoms with van der Waals surface area (Å²) in [6, 6.07) is 0. The van der Waals surface area contributed by atoms with Crippen molar-refractivity contribution in [3.8, 4) is 0 Å². The van der Waals surface area contributed by atoms with Gasteiger partial charge in [0.1, 0.15) is 0 Å². The summed E-state index contributed by atoms with van der Waals surface area (Å²) < 4.78 is 11.2. The molecule has 1 aliphatic carbocycles. The summed E-state index contributed by atoms with van der Waals surface area (Å²) in [5.41, 5.74) is -0.798. The maximum Gasteiger partial charge on any atom is 0.321 e. The number of carbonyl (C=O) groups is 2. The SMILES string of the molecule is C[C@@H]1C=C[C@H](CO[Si](C)(C)C(C)(C)C)[C@]2(C)C(=O)OC(=O)[C@H]12. The third-order valence-corrected chi connectivity index (χ3v) is 10.4. The Morgan fingerprint density at radius 2 is 1.86 bits per heavy atom. The Balaban J connectivity index is 2.23. The first-order valence-corrected chi connectivity index (χ1v) is 10.9. The van der Waals surface area contributed by atoms with Crippen LogP contribution in [0.15, 0.2) is 12.2 Å². The Morgan fingerprint density at radius 1 is 1.27 bits per heavy atom. The number of cyclic esters (lactones) is 2. The third-order valence-electron chi connectivity index (χ3n) is 5.91.